The molecule has 0 spiro atoms. The molecule has 1 aromatic carbocycles. The maximum absolute atomic E-state index is 12.4. The Kier molecular flexibility index (Phi) is 6.31. The molecular weight excluding hydrogens is 316 g/mol. The SMILES string of the molecule is O=C(NC1CCCC1)[C@H]1CCCN(C(=O)CCOc2ccccc2)C1. The van der Waals surface area contributed by atoms with Gasteiger partial charge in [0.1, 0.15) is 5.75 Å². The standard InChI is InChI=1S/C20H28N2O3/c23-19(12-14-25-18-10-2-1-3-11-18)22-13-6-7-16(15-22)20(24)21-17-8-4-5-9-17/h1-3,10-11,16-17H,4-9,12-15H2,(H,21,24)/t16-/m0/s1. The summed E-state index contributed by atoms with van der Waals surface area (Å²) < 4.78 is 5.60. The van der Waals surface area contributed by atoms with Gasteiger partial charge in [0.25, 0.3) is 0 Å². The van der Waals surface area contributed by atoms with Crippen LogP contribution >= 0.6 is 0 Å². The molecule has 1 saturated heterocycles. The van der Waals surface area contributed by atoms with Crippen LogP contribution in [0.4, 0.5) is 0 Å². The van der Waals surface area contributed by atoms with Crippen molar-refractivity contribution in [2.24, 2.45) is 5.92 Å². The van der Waals surface area contributed by atoms with E-state index in [1.54, 1.807) is 0 Å². The number of piperidine rings is 1. The molecule has 1 aliphatic heterocycles. The van der Waals surface area contributed by atoms with E-state index in [1.165, 1.54) is 12.8 Å². The highest BCUT2D eigenvalue weighted by atomic mass is 16.5. The molecule has 1 heterocycles. The van der Waals surface area contributed by atoms with Crippen LogP contribution in [0.2, 0.25) is 0 Å². The third-order valence-corrected chi connectivity index (χ3v) is 5.17. The Hall–Kier alpha value is -2.04. The highest BCUT2D eigenvalue weighted by Crippen LogP contribution is 2.21. The molecule has 1 aromatic rings. The van der Waals surface area contributed by atoms with Crippen LogP contribution in [-0.4, -0.2) is 42.5 Å². The number of nitrogens with zero attached hydrogens (tertiary/aromatic N) is 1. The highest BCUT2D eigenvalue weighted by molar-refractivity contribution is 5.81. The summed E-state index contributed by atoms with van der Waals surface area (Å²) in [4.78, 5) is 26.7. The minimum Gasteiger partial charge on any atom is -0.493 e. The minimum absolute atomic E-state index is 0.0617. The Bertz CT molecular complexity index is 570. The van der Waals surface area contributed by atoms with E-state index < -0.39 is 0 Å². The summed E-state index contributed by atoms with van der Waals surface area (Å²) >= 11 is 0. The van der Waals surface area contributed by atoms with E-state index in [-0.39, 0.29) is 17.7 Å². The molecule has 136 valence electrons. The Morgan fingerprint density at radius 2 is 1.84 bits per heavy atom. The van der Waals surface area contributed by atoms with Crippen molar-refractivity contribution in [3.05, 3.63) is 30.3 Å². The van der Waals surface area contributed by atoms with Gasteiger partial charge in [-0.15, -0.1) is 0 Å². The Morgan fingerprint density at radius 1 is 1.08 bits per heavy atom. The second-order valence-electron chi connectivity index (χ2n) is 7.08. The number of nitrogens with one attached hydrogen (secondary N) is 1. The molecule has 0 radical (unpaired) electrons. The van der Waals surface area contributed by atoms with E-state index in [0.29, 0.717) is 25.6 Å². The number of amides is 2. The van der Waals surface area contributed by atoms with Crippen molar-refractivity contribution in [2.45, 2.75) is 51.0 Å². The zero-order valence-electron chi connectivity index (χ0n) is 14.8. The number of likely N-dealkylation sites (tertiary alicyclic amines) is 1. The normalized spacial score (nSPS) is 21.1. The van der Waals surface area contributed by atoms with Crippen LogP contribution in [0.5, 0.6) is 5.75 Å². The molecule has 0 aromatic heterocycles. The summed E-state index contributed by atoms with van der Waals surface area (Å²) in [5.41, 5.74) is 0. The second-order valence-corrected chi connectivity index (χ2v) is 7.08. The number of hydrogen-bond acceptors (Lipinski definition) is 3. The number of benzene rings is 1. The summed E-state index contributed by atoms with van der Waals surface area (Å²) in [6, 6.07) is 9.87. The van der Waals surface area contributed by atoms with Gasteiger partial charge in [0.15, 0.2) is 0 Å². The van der Waals surface area contributed by atoms with E-state index in [1.807, 2.05) is 35.2 Å². The molecule has 2 aliphatic rings. The van der Waals surface area contributed by atoms with Gasteiger partial charge < -0.3 is 15.0 Å². The van der Waals surface area contributed by atoms with Crippen LogP contribution in [0, 0.1) is 5.92 Å². The van der Waals surface area contributed by atoms with E-state index in [2.05, 4.69) is 5.32 Å². The number of ether oxygens (including phenoxy) is 1. The summed E-state index contributed by atoms with van der Waals surface area (Å²) in [5, 5.41) is 3.17. The first kappa shape index (κ1) is 17.8. The Morgan fingerprint density at radius 3 is 2.60 bits per heavy atom. The third kappa shape index (κ3) is 5.21. The predicted octanol–water partition coefficient (Wildman–Crippen LogP) is 2.75. The highest BCUT2D eigenvalue weighted by Gasteiger charge is 2.29. The summed E-state index contributed by atoms with van der Waals surface area (Å²) in [7, 11) is 0. The number of para-hydroxylation sites is 1. The third-order valence-electron chi connectivity index (χ3n) is 5.17. The first-order chi connectivity index (χ1) is 12.2. The van der Waals surface area contributed by atoms with Crippen molar-refractivity contribution in [3.8, 4) is 5.75 Å². The van der Waals surface area contributed by atoms with Crippen molar-refractivity contribution < 1.29 is 14.3 Å². The molecule has 2 amide bonds. The second kappa shape index (κ2) is 8.88. The van der Waals surface area contributed by atoms with Crippen molar-refractivity contribution >= 4 is 11.8 Å². The summed E-state index contributed by atoms with van der Waals surface area (Å²) in [5.74, 6) is 0.926. The molecule has 3 rings (SSSR count). The zero-order valence-corrected chi connectivity index (χ0v) is 14.8. The lowest BCUT2D eigenvalue weighted by atomic mass is 9.96. The van der Waals surface area contributed by atoms with Gasteiger partial charge in [-0.25, -0.2) is 0 Å². The van der Waals surface area contributed by atoms with Crippen molar-refractivity contribution in [2.75, 3.05) is 19.7 Å². The van der Waals surface area contributed by atoms with Crippen LogP contribution in [0.1, 0.15) is 44.9 Å². The van der Waals surface area contributed by atoms with Gasteiger partial charge in [-0.2, -0.15) is 0 Å². The van der Waals surface area contributed by atoms with Gasteiger partial charge in [-0.05, 0) is 37.8 Å². The van der Waals surface area contributed by atoms with Crippen LogP contribution < -0.4 is 10.1 Å². The van der Waals surface area contributed by atoms with Crippen molar-refractivity contribution in [1.82, 2.24) is 10.2 Å². The monoisotopic (exact) mass is 344 g/mol. The smallest absolute Gasteiger partial charge is 0.226 e. The van der Waals surface area contributed by atoms with E-state index in [0.717, 1.165) is 38.0 Å². The lowest BCUT2D eigenvalue weighted by Gasteiger charge is -2.32. The van der Waals surface area contributed by atoms with Gasteiger partial charge in [-0.1, -0.05) is 31.0 Å². The zero-order chi connectivity index (χ0) is 17.5. The molecule has 25 heavy (non-hydrogen) atoms. The fourth-order valence-electron chi connectivity index (χ4n) is 3.74. The molecule has 2 fully saturated rings. The lowest BCUT2D eigenvalue weighted by Crippen LogP contribution is -2.47. The fourth-order valence-corrected chi connectivity index (χ4v) is 3.74. The molecule has 5 heteroatoms. The van der Waals surface area contributed by atoms with Gasteiger partial charge in [0.2, 0.25) is 11.8 Å². The average molecular weight is 344 g/mol. The molecule has 5 nitrogen and oxygen atoms in total. The topological polar surface area (TPSA) is 58.6 Å². The number of carbonyl (C=O) groups is 2. The Labute approximate surface area is 149 Å². The fraction of sp³-hybridized carbons (Fsp3) is 0.600. The van der Waals surface area contributed by atoms with Crippen molar-refractivity contribution in [3.63, 3.8) is 0 Å². The van der Waals surface area contributed by atoms with Gasteiger partial charge in [0.05, 0.1) is 18.9 Å². The molecular formula is C20H28N2O3. The maximum Gasteiger partial charge on any atom is 0.226 e. The van der Waals surface area contributed by atoms with Crippen LogP contribution in [-0.2, 0) is 9.59 Å². The molecule has 1 saturated carbocycles. The summed E-state index contributed by atoms with van der Waals surface area (Å²) in [6.07, 6.45) is 6.74. The molecule has 0 unspecified atom stereocenters. The predicted molar refractivity (Wildman–Crippen MR) is 96.3 cm³/mol. The van der Waals surface area contributed by atoms with Crippen LogP contribution in [0.3, 0.4) is 0 Å². The van der Waals surface area contributed by atoms with E-state index in [9.17, 15) is 9.59 Å². The van der Waals surface area contributed by atoms with Gasteiger partial charge in [-0.3, -0.25) is 9.59 Å². The first-order valence-corrected chi connectivity index (χ1v) is 9.48. The molecule has 1 atom stereocenters. The molecule has 1 aliphatic carbocycles. The average Bonchev–Trinajstić information content (AvgIpc) is 3.15. The van der Waals surface area contributed by atoms with Gasteiger partial charge >= 0.3 is 0 Å². The number of carbonyl (C=O) groups excluding carboxylic acids is 2. The van der Waals surface area contributed by atoms with Crippen molar-refractivity contribution in [1.29, 1.82) is 0 Å². The number of rotatable bonds is 6. The lowest BCUT2D eigenvalue weighted by molar-refractivity contribution is -0.136. The summed E-state index contributed by atoms with van der Waals surface area (Å²) in [6.45, 7) is 1.67. The molecule has 1 N–H and O–H groups in total. The minimum atomic E-state index is -0.0617. The number of hydrogen-bond donors (Lipinski definition) is 1. The van der Waals surface area contributed by atoms with Crippen LogP contribution in [0.15, 0.2) is 30.3 Å². The molecule has 0 bridgehead atoms. The van der Waals surface area contributed by atoms with Gasteiger partial charge in [0, 0.05) is 19.1 Å². The Balaban J connectivity index is 1.42. The quantitative estimate of drug-likeness (QED) is 0.863. The first-order valence-electron chi connectivity index (χ1n) is 9.48. The largest absolute Gasteiger partial charge is 0.493 e. The van der Waals surface area contributed by atoms with E-state index in [4.69, 9.17) is 4.74 Å². The van der Waals surface area contributed by atoms with Crippen LogP contribution in [0.25, 0.3) is 0 Å². The van der Waals surface area contributed by atoms with E-state index >= 15 is 0 Å². The maximum atomic E-state index is 12.4.